The van der Waals surface area contributed by atoms with Crippen molar-refractivity contribution in [2.45, 2.75) is 12.6 Å². The molecular weight excluding hydrogens is 527 g/mol. The van der Waals surface area contributed by atoms with Gasteiger partial charge in [0.05, 0.1) is 28.7 Å². The van der Waals surface area contributed by atoms with Gasteiger partial charge in [0.2, 0.25) is 5.91 Å². The highest BCUT2D eigenvalue weighted by Gasteiger charge is 2.34. The number of carbonyl (C=O) groups excluding carboxylic acids is 2. The largest absolute Gasteiger partial charge is 0.457 e. The van der Waals surface area contributed by atoms with Gasteiger partial charge in [0.1, 0.15) is 11.5 Å². The SMILES string of the molecule is O=C(CCN1CCOCC1)NN1C(=O)/C(=C/c2ccc(-c3cc(C(F)(F)F)ccc3Cl)o2)SC1=S. The summed E-state index contributed by atoms with van der Waals surface area (Å²) in [6, 6.07) is 5.89. The van der Waals surface area contributed by atoms with Gasteiger partial charge in [0.15, 0.2) is 4.32 Å². The van der Waals surface area contributed by atoms with Crippen molar-refractivity contribution < 1.29 is 31.9 Å². The molecule has 2 aliphatic rings. The minimum Gasteiger partial charge on any atom is -0.457 e. The summed E-state index contributed by atoms with van der Waals surface area (Å²) in [6.45, 7) is 3.26. The number of benzene rings is 1. The molecule has 13 heteroatoms. The van der Waals surface area contributed by atoms with Gasteiger partial charge in [0.25, 0.3) is 5.91 Å². The van der Waals surface area contributed by atoms with Crippen LogP contribution in [0, 0.1) is 0 Å². The predicted octanol–water partition coefficient (Wildman–Crippen LogP) is 4.57. The van der Waals surface area contributed by atoms with Crippen molar-refractivity contribution >= 4 is 57.8 Å². The topological polar surface area (TPSA) is 75.0 Å². The maximum Gasteiger partial charge on any atom is 0.416 e. The zero-order valence-corrected chi connectivity index (χ0v) is 20.5. The fourth-order valence-corrected chi connectivity index (χ4v) is 4.79. The van der Waals surface area contributed by atoms with Gasteiger partial charge in [-0.1, -0.05) is 23.4 Å². The second-order valence-electron chi connectivity index (χ2n) is 7.65. The monoisotopic (exact) mass is 545 g/mol. The van der Waals surface area contributed by atoms with E-state index in [4.69, 9.17) is 33.0 Å². The number of carbonyl (C=O) groups is 2. The first-order valence-electron chi connectivity index (χ1n) is 10.5. The molecule has 0 saturated carbocycles. The van der Waals surface area contributed by atoms with Crippen molar-refractivity contribution in [1.82, 2.24) is 15.3 Å². The Balaban J connectivity index is 1.42. The number of rotatable bonds is 6. The zero-order chi connectivity index (χ0) is 25.2. The van der Waals surface area contributed by atoms with Gasteiger partial charge < -0.3 is 9.15 Å². The zero-order valence-electron chi connectivity index (χ0n) is 18.1. The first kappa shape index (κ1) is 25.7. The highest BCUT2D eigenvalue weighted by molar-refractivity contribution is 8.26. The van der Waals surface area contributed by atoms with E-state index in [1.165, 1.54) is 18.2 Å². The Bertz CT molecular complexity index is 1180. The first-order valence-corrected chi connectivity index (χ1v) is 12.1. The number of hydrogen-bond acceptors (Lipinski definition) is 7. The second kappa shape index (κ2) is 10.7. The van der Waals surface area contributed by atoms with E-state index in [1.54, 1.807) is 0 Å². The lowest BCUT2D eigenvalue weighted by Crippen LogP contribution is -2.46. The molecule has 2 aromatic rings. The second-order valence-corrected chi connectivity index (χ2v) is 9.73. The number of nitrogens with zero attached hydrogens (tertiary/aromatic N) is 2. The number of thioether (sulfide) groups is 1. The minimum absolute atomic E-state index is 0.0706. The maximum atomic E-state index is 13.1. The van der Waals surface area contributed by atoms with Crippen LogP contribution in [0.2, 0.25) is 5.02 Å². The number of furan rings is 1. The van der Waals surface area contributed by atoms with E-state index in [0.29, 0.717) is 19.8 Å². The third kappa shape index (κ3) is 6.25. The maximum absolute atomic E-state index is 13.1. The summed E-state index contributed by atoms with van der Waals surface area (Å²) in [5.74, 6) is -0.560. The molecule has 0 spiro atoms. The first-order chi connectivity index (χ1) is 16.6. The molecule has 2 fully saturated rings. The molecule has 0 atom stereocenters. The molecule has 2 saturated heterocycles. The Labute approximate surface area is 213 Å². The van der Waals surface area contributed by atoms with Gasteiger partial charge >= 0.3 is 6.18 Å². The highest BCUT2D eigenvalue weighted by atomic mass is 35.5. The number of amides is 2. The molecule has 186 valence electrons. The molecule has 1 N–H and O–H groups in total. The smallest absolute Gasteiger partial charge is 0.416 e. The van der Waals surface area contributed by atoms with Crippen molar-refractivity contribution in [3.63, 3.8) is 0 Å². The van der Waals surface area contributed by atoms with Gasteiger partial charge in [-0.3, -0.25) is 19.9 Å². The Morgan fingerprint density at radius 2 is 1.97 bits per heavy atom. The summed E-state index contributed by atoms with van der Waals surface area (Å²) >= 11 is 12.3. The Kier molecular flexibility index (Phi) is 7.86. The van der Waals surface area contributed by atoms with Crippen LogP contribution in [0.25, 0.3) is 17.4 Å². The summed E-state index contributed by atoms with van der Waals surface area (Å²) < 4.78 is 50.2. The number of hydrogen-bond donors (Lipinski definition) is 1. The molecule has 2 amide bonds. The molecule has 0 unspecified atom stereocenters. The molecule has 0 radical (unpaired) electrons. The van der Waals surface area contributed by atoms with Crippen LogP contribution in [0.3, 0.4) is 0 Å². The molecule has 0 bridgehead atoms. The lowest BCUT2D eigenvalue weighted by molar-refractivity contribution is -0.137. The van der Waals surface area contributed by atoms with Crippen LogP contribution < -0.4 is 5.43 Å². The summed E-state index contributed by atoms with van der Waals surface area (Å²) in [4.78, 5) is 27.4. The third-order valence-electron chi connectivity index (χ3n) is 5.25. The summed E-state index contributed by atoms with van der Waals surface area (Å²) in [5.41, 5.74) is 1.73. The fraction of sp³-hybridized carbons (Fsp3) is 0.318. The van der Waals surface area contributed by atoms with Crippen molar-refractivity contribution in [2.75, 3.05) is 32.8 Å². The Morgan fingerprint density at radius 3 is 2.69 bits per heavy atom. The lowest BCUT2D eigenvalue weighted by Gasteiger charge is -2.26. The van der Waals surface area contributed by atoms with Crippen molar-refractivity contribution in [3.05, 3.63) is 51.6 Å². The van der Waals surface area contributed by atoms with E-state index in [0.717, 1.165) is 48.1 Å². The van der Waals surface area contributed by atoms with Gasteiger partial charge in [-0.2, -0.15) is 18.2 Å². The average molecular weight is 546 g/mol. The van der Waals surface area contributed by atoms with E-state index in [1.807, 2.05) is 0 Å². The molecule has 1 aromatic heterocycles. The van der Waals surface area contributed by atoms with Gasteiger partial charge in [0, 0.05) is 37.7 Å². The Morgan fingerprint density at radius 1 is 1.23 bits per heavy atom. The molecule has 0 aliphatic carbocycles. The van der Waals surface area contributed by atoms with Crippen molar-refractivity contribution in [2.24, 2.45) is 0 Å². The molecule has 2 aliphatic heterocycles. The molecular formula is C22H19ClF3N3O4S2. The van der Waals surface area contributed by atoms with Crippen LogP contribution in [0.1, 0.15) is 17.7 Å². The molecule has 1 aromatic carbocycles. The van der Waals surface area contributed by atoms with Crippen LogP contribution in [0.15, 0.2) is 39.7 Å². The normalized spacial score (nSPS) is 18.5. The number of nitrogens with one attached hydrogen (secondary N) is 1. The third-order valence-corrected chi connectivity index (χ3v) is 6.88. The van der Waals surface area contributed by atoms with E-state index in [2.05, 4.69) is 10.3 Å². The number of hydrazine groups is 1. The van der Waals surface area contributed by atoms with Crippen molar-refractivity contribution in [1.29, 1.82) is 0 Å². The Hall–Kier alpha value is -2.38. The summed E-state index contributed by atoms with van der Waals surface area (Å²) in [7, 11) is 0. The number of morpholine rings is 1. The van der Waals surface area contributed by atoms with E-state index >= 15 is 0 Å². The predicted molar refractivity (Wildman–Crippen MR) is 129 cm³/mol. The van der Waals surface area contributed by atoms with E-state index in [9.17, 15) is 22.8 Å². The van der Waals surface area contributed by atoms with Gasteiger partial charge in [-0.15, -0.1) is 0 Å². The molecule has 4 rings (SSSR count). The molecule has 3 heterocycles. The minimum atomic E-state index is -4.53. The van der Waals surface area contributed by atoms with Crippen LogP contribution in [0.4, 0.5) is 13.2 Å². The van der Waals surface area contributed by atoms with Crippen LogP contribution in [0.5, 0.6) is 0 Å². The quantitative estimate of drug-likeness (QED) is 0.421. The number of halogens is 4. The molecule has 7 nitrogen and oxygen atoms in total. The van der Waals surface area contributed by atoms with E-state index < -0.39 is 17.6 Å². The summed E-state index contributed by atoms with van der Waals surface area (Å²) in [5, 5.41) is 1.09. The molecule has 35 heavy (non-hydrogen) atoms. The summed E-state index contributed by atoms with van der Waals surface area (Å²) in [6.07, 6.45) is -2.94. The standard InChI is InChI=1S/C22H19ClF3N3O4S2/c23-16-3-1-13(22(24,25)26)11-15(16)17-4-2-14(33-17)12-18-20(31)29(21(34)35-18)27-19(30)5-6-28-7-9-32-10-8-28/h1-4,11-12H,5-10H2,(H,27,30)/b18-12-. The lowest BCUT2D eigenvalue weighted by atomic mass is 10.1. The highest BCUT2D eigenvalue weighted by Crippen LogP contribution is 2.37. The van der Waals surface area contributed by atoms with Crippen LogP contribution in [-0.2, 0) is 20.5 Å². The number of thiocarbonyl (C=S) groups is 1. The fourth-order valence-electron chi connectivity index (χ4n) is 3.42. The van der Waals surface area contributed by atoms with E-state index in [-0.39, 0.29) is 43.7 Å². The van der Waals surface area contributed by atoms with Crippen molar-refractivity contribution in [3.8, 4) is 11.3 Å². The van der Waals surface area contributed by atoms with Crippen LogP contribution >= 0.6 is 35.6 Å². The number of alkyl halides is 3. The number of ether oxygens (including phenoxy) is 1. The average Bonchev–Trinajstić information content (AvgIpc) is 3.38. The van der Waals surface area contributed by atoms with Crippen LogP contribution in [-0.4, -0.2) is 58.9 Å². The van der Waals surface area contributed by atoms with Gasteiger partial charge in [-0.25, -0.2) is 0 Å². The van der Waals surface area contributed by atoms with Gasteiger partial charge in [-0.05, 0) is 42.5 Å².